The molecule has 3 aliphatic heterocycles. The number of carbonyl (C=O) groups excluding carboxylic acids is 3. The lowest BCUT2D eigenvalue weighted by Gasteiger charge is -2.39. The van der Waals surface area contributed by atoms with Gasteiger partial charge in [-0.05, 0) is 48.6 Å². The molecule has 8 heteroatoms. The van der Waals surface area contributed by atoms with Crippen LogP contribution in [0.5, 0.6) is 0 Å². The van der Waals surface area contributed by atoms with Crippen LogP contribution in [-0.2, 0) is 14.4 Å². The molecular formula is C28H35N3O4S. The number of likely N-dealkylation sites (tertiary alicyclic amines) is 1. The maximum atomic E-state index is 14.1. The van der Waals surface area contributed by atoms with E-state index in [1.807, 2.05) is 56.3 Å². The summed E-state index contributed by atoms with van der Waals surface area (Å²) in [4.78, 5) is 43.0. The summed E-state index contributed by atoms with van der Waals surface area (Å²) in [6.45, 7) is 5.85. The molecule has 1 spiro atoms. The molecule has 3 heterocycles. The molecule has 192 valence electrons. The first kappa shape index (κ1) is 25.1. The fourth-order valence-corrected chi connectivity index (χ4v) is 9.21. The molecule has 0 radical (unpaired) electrons. The number of nitrogens with one attached hydrogen (secondary N) is 2. The lowest BCUT2D eigenvalue weighted by atomic mass is 9.66. The molecule has 2 bridgehead atoms. The second-order valence-corrected chi connectivity index (χ2v) is 12.7. The molecule has 2 aromatic rings. The summed E-state index contributed by atoms with van der Waals surface area (Å²) in [5.41, 5.74) is 0.668. The first-order valence-corrected chi connectivity index (χ1v) is 13.7. The summed E-state index contributed by atoms with van der Waals surface area (Å²) in [6, 6.07) is 12.5. The fourth-order valence-electron chi connectivity index (χ4n) is 6.87. The average Bonchev–Trinajstić information content (AvgIpc) is 3.44. The second-order valence-electron chi connectivity index (χ2n) is 10.8. The van der Waals surface area contributed by atoms with Crippen molar-refractivity contribution < 1.29 is 19.5 Å². The van der Waals surface area contributed by atoms with E-state index in [-0.39, 0.29) is 30.2 Å². The molecule has 7 nitrogen and oxygen atoms in total. The Morgan fingerprint density at radius 2 is 1.89 bits per heavy atom. The molecule has 7 atom stereocenters. The summed E-state index contributed by atoms with van der Waals surface area (Å²) in [5.74, 6) is -1.68. The van der Waals surface area contributed by atoms with E-state index in [9.17, 15) is 19.5 Å². The van der Waals surface area contributed by atoms with Crippen LogP contribution in [0.3, 0.4) is 0 Å². The summed E-state index contributed by atoms with van der Waals surface area (Å²) >= 11 is 1.64. The lowest BCUT2D eigenvalue weighted by Crippen LogP contribution is -2.56. The van der Waals surface area contributed by atoms with E-state index in [2.05, 4.69) is 17.6 Å². The molecule has 3 N–H and O–H groups in total. The minimum Gasteiger partial charge on any atom is -0.394 e. The zero-order valence-electron chi connectivity index (χ0n) is 21.3. The predicted octanol–water partition coefficient (Wildman–Crippen LogP) is 3.41. The molecule has 3 aliphatic rings. The number of thioether (sulfide) groups is 1. The summed E-state index contributed by atoms with van der Waals surface area (Å²) < 4.78 is -1.11. The van der Waals surface area contributed by atoms with Gasteiger partial charge in [-0.25, -0.2) is 0 Å². The molecule has 2 unspecified atom stereocenters. The van der Waals surface area contributed by atoms with E-state index < -0.39 is 33.4 Å². The Labute approximate surface area is 216 Å². The number of hydrogen-bond acceptors (Lipinski definition) is 5. The molecule has 3 saturated heterocycles. The van der Waals surface area contributed by atoms with Crippen molar-refractivity contribution in [3.8, 4) is 0 Å². The smallest absolute Gasteiger partial charge is 0.248 e. The molecule has 5 rings (SSSR count). The van der Waals surface area contributed by atoms with Crippen molar-refractivity contribution in [3.05, 3.63) is 42.5 Å². The third-order valence-corrected chi connectivity index (χ3v) is 10.8. The summed E-state index contributed by atoms with van der Waals surface area (Å²) in [7, 11) is 1.60. The lowest BCUT2D eigenvalue weighted by molar-refractivity contribution is -0.143. The molecule has 2 aromatic carbocycles. The number of rotatable bonds is 7. The van der Waals surface area contributed by atoms with Crippen molar-refractivity contribution in [3.63, 3.8) is 0 Å². The standard InChI is InChI=1S/C28H35N3O4S/c1-5-16(2)20(15-32)31-23(25(34)30-19-11-10-17-8-6-7-9-18(17)14-19)28-13-12-27(3,36-28)21(24(33)29-4)22(28)26(31)35/h6-11,14,16,20-23,32H,5,12-13,15H2,1-4H3,(H,29,33)(H,30,34)/t16-,20-,21+,22-,23?,27-,28?/m0/s1. The van der Waals surface area contributed by atoms with E-state index in [4.69, 9.17) is 0 Å². The van der Waals surface area contributed by atoms with Gasteiger partial charge in [0.1, 0.15) is 6.04 Å². The van der Waals surface area contributed by atoms with Crippen molar-refractivity contribution in [2.45, 2.75) is 61.6 Å². The van der Waals surface area contributed by atoms with Gasteiger partial charge in [-0.1, -0.05) is 50.6 Å². The first-order chi connectivity index (χ1) is 17.2. The van der Waals surface area contributed by atoms with Gasteiger partial charge >= 0.3 is 0 Å². The van der Waals surface area contributed by atoms with Gasteiger partial charge in [0.05, 0.1) is 29.2 Å². The number of benzene rings is 2. The van der Waals surface area contributed by atoms with E-state index in [0.29, 0.717) is 12.1 Å². The highest BCUT2D eigenvalue weighted by Gasteiger charge is 2.77. The molecule has 3 amide bonds. The van der Waals surface area contributed by atoms with Gasteiger partial charge in [0.25, 0.3) is 0 Å². The van der Waals surface area contributed by atoms with Crippen molar-refractivity contribution in [1.82, 2.24) is 10.2 Å². The third-order valence-electron chi connectivity index (χ3n) is 8.85. The largest absolute Gasteiger partial charge is 0.394 e. The maximum Gasteiger partial charge on any atom is 0.248 e. The van der Waals surface area contributed by atoms with Crippen LogP contribution >= 0.6 is 11.8 Å². The van der Waals surface area contributed by atoms with E-state index in [1.165, 1.54) is 0 Å². The Morgan fingerprint density at radius 3 is 2.56 bits per heavy atom. The maximum absolute atomic E-state index is 14.1. The SMILES string of the molecule is CC[C@H](C)[C@H](CO)N1C(=O)[C@@H]2[C@H](C(=O)NC)[C@]3(C)CCC2(S3)C1C(=O)Nc1ccc2ccccc2c1. The van der Waals surface area contributed by atoms with Crippen molar-refractivity contribution in [1.29, 1.82) is 0 Å². The van der Waals surface area contributed by atoms with Crippen LogP contribution in [0, 0.1) is 17.8 Å². The zero-order chi connectivity index (χ0) is 25.8. The summed E-state index contributed by atoms with van der Waals surface area (Å²) in [5, 5.41) is 18.4. The van der Waals surface area contributed by atoms with Gasteiger partial charge in [0.15, 0.2) is 0 Å². The van der Waals surface area contributed by atoms with Crippen LogP contribution in [0.2, 0.25) is 0 Å². The Balaban J connectivity index is 1.58. The highest BCUT2D eigenvalue weighted by molar-refractivity contribution is 8.02. The number of nitrogens with zero attached hydrogens (tertiary/aromatic N) is 1. The number of carbonyl (C=O) groups is 3. The molecule has 0 aromatic heterocycles. The minimum atomic E-state index is -0.769. The predicted molar refractivity (Wildman–Crippen MR) is 143 cm³/mol. The minimum absolute atomic E-state index is 0.00128. The Bertz CT molecular complexity index is 1220. The topological polar surface area (TPSA) is 98.7 Å². The fraction of sp³-hybridized carbons (Fsp3) is 0.536. The van der Waals surface area contributed by atoms with Crippen molar-refractivity contribution >= 4 is 45.9 Å². The third kappa shape index (κ3) is 3.56. The second kappa shape index (κ2) is 9.06. The number of fused-ring (bicyclic) bond motifs is 2. The van der Waals surface area contributed by atoms with Gasteiger partial charge in [0, 0.05) is 17.5 Å². The van der Waals surface area contributed by atoms with Crippen LogP contribution < -0.4 is 10.6 Å². The normalized spacial score (nSPS) is 32.4. The number of aliphatic hydroxyl groups is 1. The van der Waals surface area contributed by atoms with Crippen LogP contribution in [0.1, 0.15) is 40.0 Å². The van der Waals surface area contributed by atoms with Gasteiger partial charge < -0.3 is 20.6 Å². The van der Waals surface area contributed by atoms with E-state index in [1.54, 1.807) is 23.7 Å². The van der Waals surface area contributed by atoms with Gasteiger partial charge in [0.2, 0.25) is 17.7 Å². The zero-order valence-corrected chi connectivity index (χ0v) is 22.1. The molecule has 0 aliphatic carbocycles. The van der Waals surface area contributed by atoms with Crippen molar-refractivity contribution in [2.75, 3.05) is 19.0 Å². The highest BCUT2D eigenvalue weighted by Crippen LogP contribution is 2.71. The van der Waals surface area contributed by atoms with Crippen LogP contribution in [0.4, 0.5) is 5.69 Å². The summed E-state index contributed by atoms with van der Waals surface area (Å²) in [6.07, 6.45) is 2.21. The average molecular weight is 510 g/mol. The van der Waals surface area contributed by atoms with Gasteiger partial charge in [-0.2, -0.15) is 0 Å². The monoisotopic (exact) mass is 509 g/mol. The quantitative estimate of drug-likeness (QED) is 0.531. The Morgan fingerprint density at radius 1 is 1.17 bits per heavy atom. The van der Waals surface area contributed by atoms with Crippen LogP contribution in [0.25, 0.3) is 10.8 Å². The number of hydrogen-bond donors (Lipinski definition) is 3. The van der Waals surface area contributed by atoms with Crippen molar-refractivity contribution in [2.24, 2.45) is 17.8 Å². The van der Waals surface area contributed by atoms with Gasteiger partial charge in [-0.15, -0.1) is 11.8 Å². The Hall–Kier alpha value is -2.58. The van der Waals surface area contributed by atoms with Gasteiger partial charge in [-0.3, -0.25) is 14.4 Å². The molecule has 0 saturated carbocycles. The molecule has 36 heavy (non-hydrogen) atoms. The molecule has 3 fully saturated rings. The first-order valence-electron chi connectivity index (χ1n) is 12.8. The molecular weight excluding hydrogens is 474 g/mol. The van der Waals surface area contributed by atoms with Crippen LogP contribution in [0.15, 0.2) is 42.5 Å². The number of amides is 3. The Kier molecular flexibility index (Phi) is 6.32. The van der Waals surface area contributed by atoms with E-state index >= 15 is 0 Å². The van der Waals surface area contributed by atoms with Crippen LogP contribution in [-0.4, -0.2) is 63.0 Å². The number of anilines is 1. The number of aliphatic hydroxyl groups excluding tert-OH is 1. The van der Waals surface area contributed by atoms with E-state index in [0.717, 1.165) is 23.6 Å². The highest BCUT2D eigenvalue weighted by atomic mass is 32.2.